The van der Waals surface area contributed by atoms with E-state index in [1.54, 1.807) is 17.1 Å². The second-order valence-electron chi connectivity index (χ2n) is 4.40. The first-order chi connectivity index (χ1) is 9.81. The van der Waals surface area contributed by atoms with Crippen LogP contribution >= 0.6 is 0 Å². The highest BCUT2D eigenvalue weighted by atomic mass is 15.4. The molecule has 0 bridgehead atoms. The van der Waals surface area contributed by atoms with Gasteiger partial charge in [0.05, 0.1) is 24.6 Å². The zero-order valence-electron chi connectivity index (χ0n) is 11.1. The summed E-state index contributed by atoms with van der Waals surface area (Å²) in [5.41, 5.74) is 2.74. The Labute approximate surface area is 116 Å². The highest BCUT2D eigenvalue weighted by Gasteiger charge is 2.02. The summed E-state index contributed by atoms with van der Waals surface area (Å²) in [6.07, 6.45) is 5.41. The first kappa shape index (κ1) is 12.3. The Morgan fingerprint density at radius 1 is 1.10 bits per heavy atom. The van der Waals surface area contributed by atoms with Gasteiger partial charge in [-0.15, -0.1) is 5.10 Å². The quantitative estimate of drug-likeness (QED) is 0.781. The zero-order chi connectivity index (χ0) is 13.8. The molecule has 6 nitrogen and oxygen atoms in total. The second kappa shape index (κ2) is 5.48. The third-order valence-corrected chi connectivity index (χ3v) is 2.81. The van der Waals surface area contributed by atoms with E-state index in [1.807, 2.05) is 43.6 Å². The topological polar surface area (TPSA) is 68.5 Å². The van der Waals surface area contributed by atoms with E-state index in [-0.39, 0.29) is 0 Å². The summed E-state index contributed by atoms with van der Waals surface area (Å²) in [4.78, 5) is 8.70. The van der Waals surface area contributed by atoms with Crippen molar-refractivity contribution < 1.29 is 0 Å². The van der Waals surface area contributed by atoms with E-state index in [2.05, 4.69) is 25.6 Å². The van der Waals surface area contributed by atoms with Crippen molar-refractivity contribution in [2.24, 2.45) is 7.05 Å². The Morgan fingerprint density at radius 2 is 1.85 bits per heavy atom. The third-order valence-electron chi connectivity index (χ3n) is 2.81. The standard InChI is InChI=1S/C14H14N6/c1-20-10-13(18-19-20)9-15-12-7-16-14(17-8-12)11-5-3-2-4-6-11/h2-8,10,15H,9H2,1H3. The summed E-state index contributed by atoms with van der Waals surface area (Å²) in [7, 11) is 1.84. The molecule has 3 rings (SSSR count). The molecule has 0 spiro atoms. The molecule has 0 aliphatic rings. The van der Waals surface area contributed by atoms with Crippen LogP contribution in [-0.4, -0.2) is 25.0 Å². The molecule has 0 radical (unpaired) electrons. The summed E-state index contributed by atoms with van der Waals surface area (Å²) in [6, 6.07) is 9.89. The lowest BCUT2D eigenvalue weighted by atomic mass is 10.2. The molecule has 0 unspecified atom stereocenters. The monoisotopic (exact) mass is 266 g/mol. The Bertz CT molecular complexity index is 674. The minimum absolute atomic E-state index is 0.599. The van der Waals surface area contributed by atoms with Gasteiger partial charge in [0.25, 0.3) is 0 Å². The highest BCUT2D eigenvalue weighted by molar-refractivity contribution is 5.55. The molecule has 0 amide bonds. The fraction of sp³-hybridized carbons (Fsp3) is 0.143. The van der Waals surface area contributed by atoms with Crippen LogP contribution in [0.3, 0.4) is 0 Å². The van der Waals surface area contributed by atoms with Crippen molar-refractivity contribution in [3.8, 4) is 11.4 Å². The summed E-state index contributed by atoms with van der Waals surface area (Å²) >= 11 is 0. The summed E-state index contributed by atoms with van der Waals surface area (Å²) in [5, 5.41) is 11.1. The predicted molar refractivity (Wildman–Crippen MR) is 75.8 cm³/mol. The predicted octanol–water partition coefficient (Wildman–Crippen LogP) is 1.88. The third kappa shape index (κ3) is 2.80. The molecule has 3 aromatic rings. The average molecular weight is 266 g/mol. The highest BCUT2D eigenvalue weighted by Crippen LogP contribution is 2.14. The van der Waals surface area contributed by atoms with Gasteiger partial charge in [0.15, 0.2) is 5.82 Å². The molecule has 0 saturated carbocycles. The maximum atomic E-state index is 4.35. The lowest BCUT2D eigenvalue weighted by Crippen LogP contribution is -2.01. The van der Waals surface area contributed by atoms with Crippen LogP contribution in [0, 0.1) is 0 Å². The van der Waals surface area contributed by atoms with Crippen molar-refractivity contribution in [2.75, 3.05) is 5.32 Å². The van der Waals surface area contributed by atoms with E-state index < -0.39 is 0 Å². The van der Waals surface area contributed by atoms with E-state index in [4.69, 9.17) is 0 Å². The van der Waals surface area contributed by atoms with Crippen LogP contribution < -0.4 is 5.32 Å². The Balaban J connectivity index is 1.67. The molecule has 1 N–H and O–H groups in total. The maximum Gasteiger partial charge on any atom is 0.159 e. The van der Waals surface area contributed by atoms with Gasteiger partial charge in [-0.1, -0.05) is 35.5 Å². The first-order valence-electron chi connectivity index (χ1n) is 6.28. The Morgan fingerprint density at radius 3 is 2.50 bits per heavy atom. The summed E-state index contributed by atoms with van der Waals surface area (Å²) in [6.45, 7) is 0.599. The number of aromatic nitrogens is 5. The normalized spacial score (nSPS) is 10.4. The van der Waals surface area contributed by atoms with E-state index in [0.717, 1.165) is 22.8 Å². The van der Waals surface area contributed by atoms with Gasteiger partial charge in [0.2, 0.25) is 0 Å². The van der Waals surface area contributed by atoms with Gasteiger partial charge < -0.3 is 5.32 Å². The van der Waals surface area contributed by atoms with Gasteiger partial charge in [0.1, 0.15) is 5.69 Å². The molecule has 100 valence electrons. The average Bonchev–Trinajstić information content (AvgIpc) is 2.92. The Hall–Kier alpha value is -2.76. The minimum atomic E-state index is 0.599. The van der Waals surface area contributed by atoms with Crippen molar-refractivity contribution in [1.29, 1.82) is 0 Å². The summed E-state index contributed by atoms with van der Waals surface area (Å²) < 4.78 is 1.67. The van der Waals surface area contributed by atoms with Gasteiger partial charge in [0, 0.05) is 18.8 Å². The van der Waals surface area contributed by atoms with Crippen LogP contribution in [0.4, 0.5) is 5.69 Å². The molecular weight excluding hydrogens is 252 g/mol. The van der Waals surface area contributed by atoms with Crippen molar-refractivity contribution in [3.05, 3.63) is 54.6 Å². The maximum absolute atomic E-state index is 4.35. The number of hydrogen-bond donors (Lipinski definition) is 1. The zero-order valence-corrected chi connectivity index (χ0v) is 11.1. The van der Waals surface area contributed by atoms with E-state index in [0.29, 0.717) is 6.54 Å². The van der Waals surface area contributed by atoms with Crippen LogP contribution in [-0.2, 0) is 13.6 Å². The number of nitrogens with zero attached hydrogens (tertiary/aromatic N) is 5. The number of nitrogens with one attached hydrogen (secondary N) is 1. The molecular formula is C14H14N6. The second-order valence-corrected chi connectivity index (χ2v) is 4.40. The van der Waals surface area contributed by atoms with Gasteiger partial charge in [-0.05, 0) is 0 Å². The van der Waals surface area contributed by atoms with Crippen molar-refractivity contribution >= 4 is 5.69 Å². The fourth-order valence-electron chi connectivity index (χ4n) is 1.82. The molecule has 20 heavy (non-hydrogen) atoms. The van der Waals surface area contributed by atoms with Crippen LogP contribution in [0.15, 0.2) is 48.9 Å². The molecule has 0 saturated heterocycles. The van der Waals surface area contributed by atoms with Gasteiger partial charge >= 0.3 is 0 Å². The van der Waals surface area contributed by atoms with Crippen molar-refractivity contribution in [2.45, 2.75) is 6.54 Å². The molecule has 0 fully saturated rings. The fourth-order valence-corrected chi connectivity index (χ4v) is 1.82. The van der Waals surface area contributed by atoms with Crippen molar-refractivity contribution in [1.82, 2.24) is 25.0 Å². The van der Waals surface area contributed by atoms with E-state index in [1.165, 1.54) is 0 Å². The largest absolute Gasteiger partial charge is 0.377 e. The lowest BCUT2D eigenvalue weighted by Gasteiger charge is -2.04. The van der Waals surface area contributed by atoms with Gasteiger partial charge in [-0.25, -0.2) is 9.97 Å². The smallest absolute Gasteiger partial charge is 0.159 e. The van der Waals surface area contributed by atoms with Crippen molar-refractivity contribution in [3.63, 3.8) is 0 Å². The molecule has 2 heterocycles. The molecule has 0 aliphatic carbocycles. The molecule has 6 heteroatoms. The molecule has 1 aromatic carbocycles. The SMILES string of the molecule is Cn1cc(CNc2cnc(-c3ccccc3)nc2)nn1. The van der Waals surface area contributed by atoms with Crippen LogP contribution in [0.5, 0.6) is 0 Å². The molecule has 0 atom stereocenters. The van der Waals surface area contributed by atoms with Gasteiger partial charge in [-0.3, -0.25) is 4.68 Å². The van der Waals surface area contributed by atoms with Crippen LogP contribution in [0.2, 0.25) is 0 Å². The summed E-state index contributed by atoms with van der Waals surface area (Å²) in [5.74, 6) is 0.718. The van der Waals surface area contributed by atoms with E-state index in [9.17, 15) is 0 Å². The number of hydrogen-bond acceptors (Lipinski definition) is 5. The van der Waals surface area contributed by atoms with Gasteiger partial charge in [-0.2, -0.15) is 0 Å². The van der Waals surface area contributed by atoms with E-state index >= 15 is 0 Å². The Kier molecular flexibility index (Phi) is 3.36. The number of benzene rings is 1. The first-order valence-corrected chi connectivity index (χ1v) is 6.28. The molecule has 0 aliphatic heterocycles. The number of rotatable bonds is 4. The lowest BCUT2D eigenvalue weighted by molar-refractivity contribution is 0.713. The molecule has 2 aromatic heterocycles. The minimum Gasteiger partial charge on any atom is -0.377 e. The number of aryl methyl sites for hydroxylation is 1. The van der Waals surface area contributed by atoms with Crippen LogP contribution in [0.1, 0.15) is 5.69 Å². The number of anilines is 1. The van der Waals surface area contributed by atoms with Crippen LogP contribution in [0.25, 0.3) is 11.4 Å².